The zero-order valence-corrected chi connectivity index (χ0v) is 25.4. The average molecular weight is 596 g/mol. The van der Waals surface area contributed by atoms with Gasteiger partial charge in [0, 0.05) is 16.0 Å². The molecule has 0 aliphatic rings. The number of carbonyl (C=O) groups excluding carboxylic acids is 1. The summed E-state index contributed by atoms with van der Waals surface area (Å²) in [5.74, 6) is -1.04. The first-order valence-corrected chi connectivity index (χ1v) is 13.3. The van der Waals surface area contributed by atoms with Crippen LogP contribution < -0.4 is 44.7 Å². The Morgan fingerprint density at radius 2 is 1.79 bits per heavy atom. The van der Waals surface area contributed by atoms with Gasteiger partial charge in [0.2, 0.25) is 0 Å². The van der Waals surface area contributed by atoms with E-state index in [0.717, 1.165) is 6.07 Å². The van der Waals surface area contributed by atoms with Gasteiger partial charge in [0.1, 0.15) is 11.4 Å². The predicted molar refractivity (Wildman–Crippen MR) is 144 cm³/mol. The Labute approximate surface area is 256 Å². The van der Waals surface area contributed by atoms with E-state index in [9.17, 15) is 22.9 Å². The van der Waals surface area contributed by atoms with Gasteiger partial charge in [-0.15, -0.1) is 5.11 Å². The second-order valence-electron chi connectivity index (χ2n) is 8.03. The topological polar surface area (TPSA) is 140 Å². The third-order valence-corrected chi connectivity index (χ3v) is 7.29. The van der Waals surface area contributed by atoms with Crippen molar-refractivity contribution in [2.45, 2.75) is 18.2 Å². The van der Waals surface area contributed by atoms with Gasteiger partial charge in [-0.2, -0.15) is 13.5 Å². The van der Waals surface area contributed by atoms with E-state index in [-0.39, 0.29) is 74.1 Å². The first-order valence-electron chi connectivity index (χ1n) is 11.1. The molecule has 0 unspecified atom stereocenters. The Bertz CT molecular complexity index is 1710. The van der Waals surface area contributed by atoms with Crippen LogP contribution in [0.3, 0.4) is 0 Å². The zero-order valence-electron chi connectivity index (χ0n) is 21.0. The van der Waals surface area contributed by atoms with Crippen molar-refractivity contribution >= 4 is 67.1 Å². The van der Waals surface area contributed by atoms with Crippen LogP contribution in [0.5, 0.6) is 11.5 Å². The fourth-order valence-electron chi connectivity index (χ4n) is 3.89. The summed E-state index contributed by atoms with van der Waals surface area (Å²) >= 11 is 12.4. The van der Waals surface area contributed by atoms with E-state index in [1.807, 2.05) is 0 Å². The van der Waals surface area contributed by atoms with E-state index < -0.39 is 21.8 Å². The van der Waals surface area contributed by atoms with Crippen molar-refractivity contribution in [1.29, 1.82) is 0 Å². The Kier molecular flexibility index (Phi) is 10.0. The maximum atomic E-state index is 13.4. The number of fused-ring (bicyclic) bond motifs is 1. The number of azo groups is 1. The summed E-state index contributed by atoms with van der Waals surface area (Å²) in [5.41, 5.74) is 0.207. The molecular formula is C26H20Cl2N3NaO6S. The molecule has 0 spiro atoms. The van der Waals surface area contributed by atoms with Crippen molar-refractivity contribution in [3.05, 3.63) is 81.8 Å². The van der Waals surface area contributed by atoms with Gasteiger partial charge in [-0.1, -0.05) is 60.1 Å². The number of amides is 1. The van der Waals surface area contributed by atoms with Crippen molar-refractivity contribution in [3.63, 3.8) is 0 Å². The number of benzene rings is 4. The third-order valence-electron chi connectivity index (χ3n) is 5.70. The first-order chi connectivity index (χ1) is 18.0. The Morgan fingerprint density at radius 3 is 2.46 bits per heavy atom. The molecule has 2 N–H and O–H groups in total. The van der Waals surface area contributed by atoms with Crippen LogP contribution in [0.25, 0.3) is 10.8 Å². The minimum Gasteiger partial charge on any atom is -0.870 e. The molecule has 0 fully saturated rings. The number of ether oxygens (including phenoxy) is 1. The molecule has 0 bridgehead atoms. The summed E-state index contributed by atoms with van der Waals surface area (Å²) in [4.78, 5) is 12.8. The molecule has 0 saturated heterocycles. The molecule has 0 aromatic heterocycles. The molecule has 0 heterocycles. The average Bonchev–Trinajstić information content (AvgIpc) is 2.87. The van der Waals surface area contributed by atoms with E-state index in [2.05, 4.69) is 15.5 Å². The van der Waals surface area contributed by atoms with Crippen molar-refractivity contribution in [2.75, 3.05) is 12.4 Å². The Hall–Kier alpha value is -2.70. The van der Waals surface area contributed by atoms with E-state index in [0.29, 0.717) is 21.5 Å². The number of carbonyl (C=O) groups is 1. The van der Waals surface area contributed by atoms with E-state index in [1.165, 1.54) is 25.3 Å². The number of methoxy groups -OCH3 is 1. The Morgan fingerprint density at radius 1 is 1.08 bits per heavy atom. The number of anilines is 1. The van der Waals surface area contributed by atoms with Crippen LogP contribution >= 0.6 is 23.2 Å². The summed E-state index contributed by atoms with van der Waals surface area (Å²) in [7, 11) is -3.07. The van der Waals surface area contributed by atoms with Crippen LogP contribution in [0, 0.1) is 0 Å². The minimum absolute atomic E-state index is 0. The standard InChI is InChI=1S/C26H21Cl2N3O6S.Na/c1-3-16-22(38(34,35)36)11-9-19(23(16)28)30-31-24-17-7-5-4-6-14(17)12-18(25(24)32)26(33)29-20-13-15(27)8-10-21(20)37-2;/h4-13,32H,3H2,1-2H3,(H,29,33)(H,34,35,36);/q;+1/p-1. The number of rotatable bonds is 7. The normalized spacial score (nSPS) is 11.4. The second kappa shape index (κ2) is 12.6. The van der Waals surface area contributed by atoms with Crippen molar-refractivity contribution in [1.82, 2.24) is 0 Å². The molecule has 0 saturated carbocycles. The van der Waals surface area contributed by atoms with Gasteiger partial charge in [-0.3, -0.25) is 9.35 Å². The summed E-state index contributed by atoms with van der Waals surface area (Å²) in [6.45, 7) is 1.66. The smallest absolute Gasteiger partial charge is 0.870 e. The molecule has 0 aliphatic carbocycles. The fraction of sp³-hybridized carbons (Fsp3) is 0.115. The van der Waals surface area contributed by atoms with Gasteiger partial charge in [0.25, 0.3) is 16.0 Å². The summed E-state index contributed by atoms with van der Waals surface area (Å²) in [6, 6.07) is 15.4. The molecule has 0 atom stereocenters. The first kappa shape index (κ1) is 30.8. The minimum atomic E-state index is -4.50. The van der Waals surface area contributed by atoms with Crippen molar-refractivity contribution in [3.8, 4) is 11.5 Å². The van der Waals surface area contributed by atoms with Gasteiger partial charge in [-0.05, 0) is 53.8 Å². The quantitative estimate of drug-likeness (QED) is 0.189. The molecule has 4 aromatic carbocycles. The Balaban J connectivity index is 0.00000420. The molecule has 0 radical (unpaired) electrons. The number of hydrogen-bond acceptors (Lipinski definition) is 7. The van der Waals surface area contributed by atoms with Crippen LogP contribution in [-0.2, 0) is 16.5 Å². The predicted octanol–water partition coefficient (Wildman–Crippen LogP) is 3.71. The molecule has 13 heteroatoms. The van der Waals surface area contributed by atoms with Crippen LogP contribution in [0.15, 0.2) is 75.8 Å². The van der Waals surface area contributed by atoms with Gasteiger partial charge >= 0.3 is 29.6 Å². The SMILES string of the molecule is CCc1c(S(=O)(=O)O)ccc(N=Nc2c([O-])c(C(=O)Nc3cc(Cl)ccc3OC)cc3ccccc23)c1Cl.[Na+]. The van der Waals surface area contributed by atoms with Gasteiger partial charge in [0.05, 0.1) is 28.4 Å². The second-order valence-corrected chi connectivity index (χ2v) is 10.2. The van der Waals surface area contributed by atoms with E-state index in [1.54, 1.807) is 43.3 Å². The number of nitrogens with one attached hydrogen (secondary N) is 1. The van der Waals surface area contributed by atoms with Crippen LogP contribution in [0.4, 0.5) is 17.1 Å². The third kappa shape index (κ3) is 6.55. The number of halogens is 2. The maximum Gasteiger partial charge on any atom is 1.00 e. The molecular weight excluding hydrogens is 576 g/mol. The molecule has 196 valence electrons. The van der Waals surface area contributed by atoms with Crippen LogP contribution in [0.1, 0.15) is 22.8 Å². The largest absolute Gasteiger partial charge is 1.00 e. The molecule has 9 nitrogen and oxygen atoms in total. The summed E-state index contributed by atoms with van der Waals surface area (Å²) in [6.07, 6.45) is 0.190. The molecule has 0 aliphatic heterocycles. The molecule has 1 amide bonds. The van der Waals surface area contributed by atoms with E-state index in [4.69, 9.17) is 27.9 Å². The van der Waals surface area contributed by atoms with Gasteiger partial charge in [-0.25, -0.2) is 0 Å². The fourth-order valence-corrected chi connectivity index (χ4v) is 5.25. The van der Waals surface area contributed by atoms with Crippen molar-refractivity contribution in [2.24, 2.45) is 10.2 Å². The molecule has 4 aromatic rings. The van der Waals surface area contributed by atoms with Crippen molar-refractivity contribution < 1.29 is 57.2 Å². The van der Waals surface area contributed by atoms with Crippen LogP contribution in [-0.4, -0.2) is 26.0 Å². The summed E-state index contributed by atoms with van der Waals surface area (Å²) < 4.78 is 38.1. The maximum absolute atomic E-state index is 13.4. The van der Waals surface area contributed by atoms with Gasteiger partial charge < -0.3 is 15.2 Å². The summed E-state index contributed by atoms with van der Waals surface area (Å²) in [5, 5.41) is 25.6. The molecule has 4 rings (SSSR count). The number of nitrogens with zero attached hydrogens (tertiary/aromatic N) is 2. The molecule has 39 heavy (non-hydrogen) atoms. The van der Waals surface area contributed by atoms with E-state index >= 15 is 0 Å². The zero-order chi connectivity index (χ0) is 27.6. The van der Waals surface area contributed by atoms with Crippen LogP contribution in [0.2, 0.25) is 10.0 Å². The van der Waals surface area contributed by atoms with Gasteiger partial charge in [0.15, 0.2) is 0 Å². The number of hydrogen-bond donors (Lipinski definition) is 2. The monoisotopic (exact) mass is 595 g/mol.